The van der Waals surface area contributed by atoms with E-state index in [0.29, 0.717) is 12.4 Å². The van der Waals surface area contributed by atoms with Crippen LogP contribution in [0.1, 0.15) is 6.92 Å². The zero-order valence-corrected chi connectivity index (χ0v) is 13.9. The molecule has 2 aromatic rings. The van der Waals surface area contributed by atoms with Gasteiger partial charge in [0.15, 0.2) is 0 Å². The minimum absolute atomic E-state index is 0.000452. The third-order valence-electron chi connectivity index (χ3n) is 3.08. The topological polar surface area (TPSA) is 108 Å². The minimum atomic E-state index is -3.93. The monoisotopic (exact) mass is 352 g/mol. The van der Waals surface area contributed by atoms with Gasteiger partial charge in [0, 0.05) is 12.1 Å². The van der Waals surface area contributed by atoms with E-state index in [1.54, 1.807) is 0 Å². The Balaban J connectivity index is 2.34. The summed E-state index contributed by atoms with van der Waals surface area (Å²) in [6, 6.07) is 9.49. The molecule has 0 radical (unpaired) electrons. The highest BCUT2D eigenvalue weighted by molar-refractivity contribution is 7.92. The summed E-state index contributed by atoms with van der Waals surface area (Å²) in [5, 5.41) is 10.9. The van der Waals surface area contributed by atoms with Crippen LogP contribution in [-0.2, 0) is 10.0 Å². The summed E-state index contributed by atoms with van der Waals surface area (Å²) in [5.74, 6) is 0.722. The minimum Gasteiger partial charge on any atom is -0.495 e. The molecule has 0 atom stereocenters. The van der Waals surface area contributed by atoms with E-state index >= 15 is 0 Å². The number of methoxy groups -OCH3 is 1. The molecular formula is C15H16N2O6S. The van der Waals surface area contributed by atoms with E-state index in [1.165, 1.54) is 43.5 Å². The molecule has 0 bridgehead atoms. The smallest absolute Gasteiger partial charge is 0.271 e. The molecule has 8 nitrogen and oxygen atoms in total. The van der Waals surface area contributed by atoms with Crippen LogP contribution < -0.4 is 14.2 Å². The zero-order valence-electron chi connectivity index (χ0n) is 13.1. The lowest BCUT2D eigenvalue weighted by Gasteiger charge is -2.12. The zero-order chi connectivity index (χ0) is 17.7. The Bertz CT molecular complexity index is 834. The predicted molar refractivity (Wildman–Crippen MR) is 88.1 cm³/mol. The van der Waals surface area contributed by atoms with Crippen molar-refractivity contribution < 1.29 is 22.8 Å². The maximum atomic E-state index is 12.4. The Morgan fingerprint density at radius 3 is 2.38 bits per heavy atom. The predicted octanol–water partition coefficient (Wildman–Crippen LogP) is 2.80. The van der Waals surface area contributed by atoms with Gasteiger partial charge in [-0.25, -0.2) is 8.42 Å². The number of nitrogens with zero attached hydrogens (tertiary/aromatic N) is 1. The van der Waals surface area contributed by atoms with Crippen molar-refractivity contribution in [3.8, 4) is 11.5 Å². The van der Waals surface area contributed by atoms with Gasteiger partial charge in [-0.2, -0.15) is 0 Å². The fourth-order valence-electron chi connectivity index (χ4n) is 1.97. The molecule has 128 valence electrons. The first-order valence-electron chi connectivity index (χ1n) is 6.95. The maximum absolute atomic E-state index is 12.4. The van der Waals surface area contributed by atoms with Crippen LogP contribution in [0.3, 0.4) is 0 Å². The van der Waals surface area contributed by atoms with Gasteiger partial charge < -0.3 is 9.47 Å². The Kier molecular flexibility index (Phi) is 5.24. The van der Waals surface area contributed by atoms with Gasteiger partial charge >= 0.3 is 0 Å². The van der Waals surface area contributed by atoms with Crippen molar-refractivity contribution in [3.05, 3.63) is 52.6 Å². The molecule has 0 saturated carbocycles. The van der Waals surface area contributed by atoms with Crippen molar-refractivity contribution in [2.75, 3.05) is 18.4 Å². The normalized spacial score (nSPS) is 10.9. The van der Waals surface area contributed by atoms with Gasteiger partial charge in [0.25, 0.3) is 15.7 Å². The molecule has 2 rings (SSSR count). The van der Waals surface area contributed by atoms with Gasteiger partial charge in [-0.05, 0) is 37.3 Å². The van der Waals surface area contributed by atoms with Crippen LogP contribution >= 0.6 is 0 Å². The van der Waals surface area contributed by atoms with Crippen molar-refractivity contribution in [2.24, 2.45) is 0 Å². The summed E-state index contributed by atoms with van der Waals surface area (Å²) in [6.07, 6.45) is 0. The van der Waals surface area contributed by atoms with E-state index < -0.39 is 14.9 Å². The average molecular weight is 352 g/mol. The van der Waals surface area contributed by atoms with Crippen molar-refractivity contribution in [3.63, 3.8) is 0 Å². The number of rotatable bonds is 7. The molecule has 1 N–H and O–H groups in total. The van der Waals surface area contributed by atoms with Crippen LogP contribution in [0.5, 0.6) is 11.5 Å². The standard InChI is InChI=1S/C15H16N2O6S/c1-3-23-12-5-7-13(8-6-12)24(20,21)16-14-10-11(17(18)19)4-9-15(14)22-2/h4-10,16H,3H2,1-2H3. The largest absolute Gasteiger partial charge is 0.495 e. The van der Waals surface area contributed by atoms with Crippen molar-refractivity contribution in [1.29, 1.82) is 0 Å². The molecule has 24 heavy (non-hydrogen) atoms. The van der Waals surface area contributed by atoms with Crippen LogP contribution in [-0.4, -0.2) is 27.1 Å². The van der Waals surface area contributed by atoms with E-state index in [-0.39, 0.29) is 22.0 Å². The fraction of sp³-hybridized carbons (Fsp3) is 0.200. The van der Waals surface area contributed by atoms with Gasteiger partial charge in [-0.1, -0.05) is 0 Å². The number of non-ortho nitro benzene ring substituents is 1. The summed E-state index contributed by atoms with van der Waals surface area (Å²) >= 11 is 0. The quantitative estimate of drug-likeness (QED) is 0.606. The van der Waals surface area contributed by atoms with E-state index in [2.05, 4.69) is 4.72 Å². The highest BCUT2D eigenvalue weighted by Crippen LogP contribution is 2.31. The number of anilines is 1. The third-order valence-corrected chi connectivity index (χ3v) is 4.46. The van der Waals surface area contributed by atoms with Crippen molar-refractivity contribution in [1.82, 2.24) is 0 Å². The van der Waals surface area contributed by atoms with Crippen LogP contribution in [0.25, 0.3) is 0 Å². The number of nitrogens with one attached hydrogen (secondary N) is 1. The number of sulfonamides is 1. The first-order valence-corrected chi connectivity index (χ1v) is 8.44. The molecule has 0 saturated heterocycles. The van der Waals surface area contributed by atoms with E-state index in [0.717, 1.165) is 6.07 Å². The van der Waals surface area contributed by atoms with Crippen molar-refractivity contribution in [2.45, 2.75) is 11.8 Å². The first kappa shape index (κ1) is 17.5. The number of nitro groups is 1. The maximum Gasteiger partial charge on any atom is 0.271 e. The molecule has 9 heteroatoms. The Labute approximate surface area is 139 Å². The van der Waals surface area contributed by atoms with Crippen LogP contribution in [0.4, 0.5) is 11.4 Å². The van der Waals surface area contributed by atoms with Gasteiger partial charge in [-0.3, -0.25) is 14.8 Å². The molecule has 0 unspecified atom stereocenters. The molecule has 2 aromatic carbocycles. The molecular weight excluding hydrogens is 336 g/mol. The van der Waals surface area contributed by atoms with Crippen molar-refractivity contribution >= 4 is 21.4 Å². The highest BCUT2D eigenvalue weighted by atomic mass is 32.2. The van der Waals surface area contributed by atoms with E-state index in [4.69, 9.17) is 9.47 Å². The summed E-state index contributed by atoms with van der Waals surface area (Å²) < 4.78 is 37.5. The summed E-state index contributed by atoms with van der Waals surface area (Å²) in [7, 11) is -2.59. The van der Waals surface area contributed by atoms with Crippen LogP contribution in [0.15, 0.2) is 47.4 Å². The van der Waals surface area contributed by atoms with Gasteiger partial charge in [-0.15, -0.1) is 0 Å². The van der Waals surface area contributed by atoms with Crippen LogP contribution in [0, 0.1) is 10.1 Å². The lowest BCUT2D eigenvalue weighted by atomic mass is 10.2. The summed E-state index contributed by atoms with van der Waals surface area (Å²) in [5.41, 5.74) is -0.263. The molecule has 0 aliphatic heterocycles. The number of ether oxygens (including phenoxy) is 2. The molecule has 0 aromatic heterocycles. The SMILES string of the molecule is CCOc1ccc(S(=O)(=O)Nc2cc([N+](=O)[O-])ccc2OC)cc1. The van der Waals surface area contributed by atoms with Gasteiger partial charge in [0.1, 0.15) is 11.5 Å². The number of hydrogen-bond donors (Lipinski definition) is 1. The lowest BCUT2D eigenvalue weighted by molar-refractivity contribution is -0.384. The third kappa shape index (κ3) is 3.93. The summed E-state index contributed by atoms with van der Waals surface area (Å²) in [6.45, 7) is 2.29. The van der Waals surface area contributed by atoms with Gasteiger partial charge in [0.05, 0.1) is 29.2 Å². The second kappa shape index (κ2) is 7.18. The van der Waals surface area contributed by atoms with E-state index in [1.807, 2.05) is 6.92 Å². The molecule has 0 aliphatic carbocycles. The Hall–Kier alpha value is -2.81. The fourth-order valence-corrected chi connectivity index (χ4v) is 3.04. The molecule has 0 fully saturated rings. The number of nitro benzene ring substituents is 1. The number of hydrogen-bond acceptors (Lipinski definition) is 6. The molecule has 0 spiro atoms. The van der Waals surface area contributed by atoms with Crippen LogP contribution in [0.2, 0.25) is 0 Å². The second-order valence-electron chi connectivity index (χ2n) is 4.65. The molecule has 0 amide bonds. The summed E-state index contributed by atoms with van der Waals surface area (Å²) in [4.78, 5) is 10.2. The Morgan fingerprint density at radius 2 is 1.83 bits per heavy atom. The van der Waals surface area contributed by atoms with E-state index in [9.17, 15) is 18.5 Å². The number of benzene rings is 2. The lowest BCUT2D eigenvalue weighted by Crippen LogP contribution is -2.13. The average Bonchev–Trinajstić information content (AvgIpc) is 2.55. The Morgan fingerprint density at radius 1 is 1.17 bits per heavy atom. The van der Waals surface area contributed by atoms with Gasteiger partial charge in [0.2, 0.25) is 0 Å². The first-order chi connectivity index (χ1) is 11.4. The molecule has 0 aliphatic rings. The molecule has 0 heterocycles. The second-order valence-corrected chi connectivity index (χ2v) is 6.33. The highest BCUT2D eigenvalue weighted by Gasteiger charge is 2.19.